The van der Waals surface area contributed by atoms with Crippen LogP contribution in [0.3, 0.4) is 0 Å². The second-order valence-electron chi connectivity index (χ2n) is 5.88. The van der Waals surface area contributed by atoms with E-state index >= 15 is 0 Å². The van der Waals surface area contributed by atoms with Crippen molar-refractivity contribution < 1.29 is 26.3 Å². The molecule has 24 heavy (non-hydrogen) atoms. The van der Waals surface area contributed by atoms with Gasteiger partial charge in [0.15, 0.2) is 0 Å². The van der Waals surface area contributed by atoms with Crippen molar-refractivity contribution in [3.8, 4) is 5.75 Å². The normalized spacial score (nSPS) is 17.8. The smallest absolute Gasteiger partial charge is 0.405 e. The highest BCUT2D eigenvalue weighted by molar-refractivity contribution is 7.89. The van der Waals surface area contributed by atoms with Crippen molar-refractivity contribution in [2.24, 2.45) is 0 Å². The number of unbranched alkanes of at least 4 members (excludes halogenated alkanes) is 1. The number of ether oxygens (including phenoxy) is 1. The number of rotatable bonds is 6. The molecule has 0 amide bonds. The van der Waals surface area contributed by atoms with Gasteiger partial charge in [-0.05, 0) is 42.9 Å². The molecule has 135 valence electrons. The quantitative estimate of drug-likeness (QED) is 0.773. The molecule has 4 nitrogen and oxygen atoms in total. The van der Waals surface area contributed by atoms with E-state index in [0.717, 1.165) is 12.0 Å². The van der Waals surface area contributed by atoms with Crippen molar-refractivity contribution in [2.45, 2.75) is 44.9 Å². The molecule has 1 radical (unpaired) electrons. The standard InChI is InChI=1S/C16H21F3NO3S/c1-2-3-12-24(21,22)20-10-8-14(9-11-20)13-4-6-15(7-5-13)23-16(17,18)19/h4-6,14H,2-3,8-12H2,1H3. The van der Waals surface area contributed by atoms with Crippen LogP contribution in [0.4, 0.5) is 13.2 Å². The maximum absolute atomic E-state index is 12.2. The summed E-state index contributed by atoms with van der Waals surface area (Å²) >= 11 is 0. The minimum Gasteiger partial charge on any atom is -0.405 e. The van der Waals surface area contributed by atoms with Gasteiger partial charge in [-0.3, -0.25) is 0 Å². The zero-order valence-corrected chi connectivity index (χ0v) is 14.3. The monoisotopic (exact) mass is 364 g/mol. The van der Waals surface area contributed by atoms with Crippen LogP contribution in [-0.2, 0) is 10.0 Å². The average Bonchev–Trinajstić information content (AvgIpc) is 2.52. The maximum Gasteiger partial charge on any atom is 0.573 e. The van der Waals surface area contributed by atoms with Crippen LogP contribution in [0.1, 0.15) is 44.1 Å². The summed E-state index contributed by atoms with van der Waals surface area (Å²) < 4.78 is 66.0. The van der Waals surface area contributed by atoms with Crippen LogP contribution in [0.5, 0.6) is 5.75 Å². The van der Waals surface area contributed by atoms with Crippen LogP contribution in [0.25, 0.3) is 0 Å². The highest BCUT2D eigenvalue weighted by atomic mass is 32.2. The second-order valence-corrected chi connectivity index (χ2v) is 7.97. The van der Waals surface area contributed by atoms with Crippen LogP contribution in [-0.4, -0.2) is 37.9 Å². The lowest BCUT2D eigenvalue weighted by molar-refractivity contribution is -0.274. The van der Waals surface area contributed by atoms with Gasteiger partial charge >= 0.3 is 6.36 Å². The molecule has 0 atom stereocenters. The van der Waals surface area contributed by atoms with Gasteiger partial charge in [-0.1, -0.05) is 19.4 Å². The topological polar surface area (TPSA) is 46.6 Å². The highest BCUT2D eigenvalue weighted by Crippen LogP contribution is 2.31. The van der Waals surface area contributed by atoms with E-state index in [2.05, 4.69) is 10.8 Å². The highest BCUT2D eigenvalue weighted by Gasteiger charge is 2.31. The predicted octanol–water partition coefficient (Wildman–Crippen LogP) is 3.69. The first-order valence-electron chi connectivity index (χ1n) is 7.96. The third kappa shape index (κ3) is 5.37. The van der Waals surface area contributed by atoms with Crippen LogP contribution >= 0.6 is 0 Å². The first-order chi connectivity index (χ1) is 11.2. The Morgan fingerprint density at radius 1 is 1.29 bits per heavy atom. The van der Waals surface area contributed by atoms with E-state index < -0.39 is 16.4 Å². The first-order valence-corrected chi connectivity index (χ1v) is 9.57. The van der Waals surface area contributed by atoms with Gasteiger partial charge in [-0.15, -0.1) is 13.2 Å². The minimum atomic E-state index is -4.73. The summed E-state index contributed by atoms with van der Waals surface area (Å²) in [6.07, 6.45) is -1.94. The molecule has 1 heterocycles. The summed E-state index contributed by atoms with van der Waals surface area (Å²) in [5.74, 6) is -0.0737. The number of piperidine rings is 1. The van der Waals surface area contributed by atoms with Crippen molar-refractivity contribution in [2.75, 3.05) is 18.8 Å². The summed E-state index contributed by atoms with van der Waals surface area (Å²) in [4.78, 5) is 0. The number of nitrogens with zero attached hydrogens (tertiary/aromatic N) is 1. The average molecular weight is 364 g/mol. The Balaban J connectivity index is 1.92. The number of benzene rings is 1. The molecule has 1 aliphatic heterocycles. The molecule has 2 rings (SSSR count). The summed E-state index contributed by atoms with van der Waals surface area (Å²) in [6.45, 7) is 2.83. The van der Waals surface area contributed by atoms with Gasteiger partial charge in [0.1, 0.15) is 5.75 Å². The Labute approximate surface area is 140 Å². The van der Waals surface area contributed by atoms with Gasteiger partial charge in [0, 0.05) is 19.2 Å². The van der Waals surface area contributed by atoms with Crippen molar-refractivity contribution >= 4 is 10.0 Å². The zero-order chi connectivity index (χ0) is 17.8. The fourth-order valence-corrected chi connectivity index (χ4v) is 4.47. The molecule has 1 aliphatic rings. The Hall–Kier alpha value is -1.28. The van der Waals surface area contributed by atoms with Crippen LogP contribution < -0.4 is 4.74 Å². The van der Waals surface area contributed by atoms with Gasteiger partial charge < -0.3 is 4.74 Å². The number of hydrogen-bond donors (Lipinski definition) is 0. The fourth-order valence-electron chi connectivity index (χ4n) is 2.79. The first kappa shape index (κ1) is 19.1. The number of halogens is 3. The van der Waals surface area contributed by atoms with Gasteiger partial charge in [0.05, 0.1) is 5.75 Å². The molecular weight excluding hydrogens is 343 g/mol. The van der Waals surface area contributed by atoms with Crippen molar-refractivity contribution in [1.29, 1.82) is 0 Å². The summed E-state index contributed by atoms with van der Waals surface area (Å²) in [6, 6.07) is 6.81. The molecule has 8 heteroatoms. The van der Waals surface area contributed by atoms with Crippen LogP contribution in [0.15, 0.2) is 18.2 Å². The van der Waals surface area contributed by atoms with Gasteiger partial charge in [0.2, 0.25) is 10.0 Å². The molecule has 0 saturated carbocycles. The van der Waals surface area contributed by atoms with E-state index in [1.165, 1.54) is 16.4 Å². The van der Waals surface area contributed by atoms with Crippen molar-refractivity contribution in [3.63, 3.8) is 0 Å². The van der Waals surface area contributed by atoms with Crippen molar-refractivity contribution in [3.05, 3.63) is 29.8 Å². The molecule has 1 aromatic carbocycles. The summed E-state index contributed by atoms with van der Waals surface area (Å²) in [5, 5.41) is 0. The fraction of sp³-hybridized carbons (Fsp3) is 0.625. The van der Waals surface area contributed by atoms with Gasteiger partial charge in [0.25, 0.3) is 0 Å². The Morgan fingerprint density at radius 2 is 1.96 bits per heavy atom. The lowest BCUT2D eigenvalue weighted by atomic mass is 9.90. The molecule has 0 aromatic heterocycles. The lowest BCUT2D eigenvalue weighted by Gasteiger charge is -2.31. The molecule has 0 spiro atoms. The Morgan fingerprint density at radius 3 is 2.46 bits per heavy atom. The summed E-state index contributed by atoms with van der Waals surface area (Å²) in [5.41, 5.74) is 0.857. The third-order valence-electron chi connectivity index (χ3n) is 4.11. The maximum atomic E-state index is 12.2. The molecular formula is C16H21F3NO3S. The van der Waals surface area contributed by atoms with E-state index in [0.29, 0.717) is 32.4 Å². The Kier molecular flexibility index (Phi) is 6.14. The van der Waals surface area contributed by atoms with E-state index in [-0.39, 0.29) is 17.4 Å². The summed E-state index contributed by atoms with van der Waals surface area (Å²) in [7, 11) is -3.20. The minimum absolute atomic E-state index is 0.124. The molecule has 0 N–H and O–H groups in total. The largest absolute Gasteiger partial charge is 0.573 e. The van der Waals surface area contributed by atoms with E-state index in [1.54, 1.807) is 6.07 Å². The van der Waals surface area contributed by atoms with E-state index in [4.69, 9.17) is 0 Å². The molecule has 1 saturated heterocycles. The van der Waals surface area contributed by atoms with E-state index in [1.807, 2.05) is 6.92 Å². The van der Waals surface area contributed by atoms with Gasteiger partial charge in [-0.25, -0.2) is 12.7 Å². The second kappa shape index (κ2) is 7.74. The Bertz CT molecular complexity index is 621. The lowest BCUT2D eigenvalue weighted by Crippen LogP contribution is -2.39. The zero-order valence-electron chi connectivity index (χ0n) is 13.5. The van der Waals surface area contributed by atoms with Crippen LogP contribution in [0.2, 0.25) is 0 Å². The number of hydrogen-bond acceptors (Lipinski definition) is 3. The number of alkyl halides is 3. The SMILES string of the molecule is CCCCS(=O)(=O)N1CCC(c2c[c]c(OC(F)(F)F)cc2)CC1. The van der Waals surface area contributed by atoms with Crippen LogP contribution in [0, 0.1) is 6.07 Å². The molecule has 1 fully saturated rings. The molecule has 0 aliphatic carbocycles. The van der Waals surface area contributed by atoms with Gasteiger partial charge in [-0.2, -0.15) is 0 Å². The molecule has 0 unspecified atom stereocenters. The van der Waals surface area contributed by atoms with Crippen molar-refractivity contribution in [1.82, 2.24) is 4.31 Å². The van der Waals surface area contributed by atoms with E-state index in [9.17, 15) is 21.6 Å². The molecule has 0 bridgehead atoms. The molecule has 1 aromatic rings. The predicted molar refractivity (Wildman–Crippen MR) is 84.2 cm³/mol. The third-order valence-corrected chi connectivity index (χ3v) is 6.07. The number of sulfonamides is 1.